The number of amides is 1. The first kappa shape index (κ1) is 17.0. The van der Waals surface area contributed by atoms with Crippen molar-refractivity contribution in [1.82, 2.24) is 5.32 Å². The number of nitrogens with one attached hydrogen (secondary N) is 1. The summed E-state index contributed by atoms with van der Waals surface area (Å²) in [4.78, 5) is 10.9. The smallest absolute Gasteiger partial charge is 0.409 e. The van der Waals surface area contributed by atoms with Crippen molar-refractivity contribution >= 4 is 6.09 Å². The second kappa shape index (κ2) is 8.97. The lowest BCUT2D eigenvalue weighted by Gasteiger charge is -2.13. The van der Waals surface area contributed by atoms with Gasteiger partial charge in [-0.1, -0.05) is 43.4 Å². The summed E-state index contributed by atoms with van der Waals surface area (Å²) in [5.74, 6) is 0. The molecular weight excluding hydrogens is 238 g/mol. The Labute approximate surface area is 115 Å². The zero-order valence-electron chi connectivity index (χ0n) is 12.2. The Balaban J connectivity index is 5.73. The van der Waals surface area contributed by atoms with E-state index in [4.69, 9.17) is 5.11 Å². The molecule has 2 N–H and O–H groups in total. The molecule has 0 aromatic carbocycles. The molecule has 0 aromatic rings. The Morgan fingerprint density at radius 3 is 2.37 bits per heavy atom. The molecule has 3 heteroatoms. The maximum Gasteiger partial charge on any atom is 0.409 e. The van der Waals surface area contributed by atoms with Gasteiger partial charge >= 0.3 is 6.09 Å². The molecule has 0 spiro atoms. The molecule has 0 atom stereocenters. The van der Waals surface area contributed by atoms with Crippen LogP contribution >= 0.6 is 0 Å². The van der Waals surface area contributed by atoms with Gasteiger partial charge in [0.15, 0.2) is 0 Å². The minimum atomic E-state index is -1.07. The Morgan fingerprint density at radius 1 is 1.37 bits per heavy atom. The van der Waals surface area contributed by atoms with E-state index in [1.807, 2.05) is 39.0 Å². The summed E-state index contributed by atoms with van der Waals surface area (Å²) < 4.78 is 0. The van der Waals surface area contributed by atoms with Crippen molar-refractivity contribution in [1.29, 1.82) is 0 Å². The maximum absolute atomic E-state index is 10.9. The SMILES string of the molecule is C=C(C)/C=C(C(/C=C\C)=C/CC)\C(=C/C)NC(=O)O. The molecular formula is C16H23NO2. The lowest BCUT2D eigenvalue weighted by Crippen LogP contribution is -2.21. The van der Waals surface area contributed by atoms with E-state index in [0.29, 0.717) is 5.70 Å². The van der Waals surface area contributed by atoms with Crippen LogP contribution in [-0.4, -0.2) is 11.2 Å². The van der Waals surface area contributed by atoms with Crippen LogP contribution in [0.4, 0.5) is 4.79 Å². The van der Waals surface area contributed by atoms with Crippen LogP contribution in [0.2, 0.25) is 0 Å². The molecule has 104 valence electrons. The Morgan fingerprint density at radius 2 is 2.00 bits per heavy atom. The van der Waals surface area contributed by atoms with E-state index in [0.717, 1.165) is 23.1 Å². The van der Waals surface area contributed by atoms with Gasteiger partial charge < -0.3 is 5.11 Å². The topological polar surface area (TPSA) is 49.3 Å². The number of hydrogen-bond acceptors (Lipinski definition) is 1. The van der Waals surface area contributed by atoms with Gasteiger partial charge in [-0.05, 0) is 38.8 Å². The molecule has 0 heterocycles. The van der Waals surface area contributed by atoms with E-state index in [1.54, 1.807) is 13.0 Å². The van der Waals surface area contributed by atoms with Crippen molar-refractivity contribution in [3.8, 4) is 0 Å². The van der Waals surface area contributed by atoms with Gasteiger partial charge in [0.05, 0.1) is 0 Å². The number of carboxylic acid groups (broad SMARTS) is 1. The van der Waals surface area contributed by atoms with Crippen LogP contribution in [0.3, 0.4) is 0 Å². The summed E-state index contributed by atoms with van der Waals surface area (Å²) in [5.41, 5.74) is 3.24. The molecule has 0 saturated carbocycles. The van der Waals surface area contributed by atoms with Crippen LogP contribution in [0.15, 0.2) is 59.4 Å². The number of hydrogen-bond donors (Lipinski definition) is 2. The normalized spacial score (nSPS) is 13.8. The predicted molar refractivity (Wildman–Crippen MR) is 81.0 cm³/mol. The number of allylic oxidation sites excluding steroid dienone is 7. The molecule has 1 amide bonds. The summed E-state index contributed by atoms with van der Waals surface area (Å²) in [6.07, 6.45) is 9.38. The Hall–Kier alpha value is -2.03. The fourth-order valence-corrected chi connectivity index (χ4v) is 1.64. The first-order chi connectivity index (χ1) is 8.96. The highest BCUT2D eigenvalue weighted by Gasteiger charge is 2.10. The molecule has 0 bridgehead atoms. The van der Waals surface area contributed by atoms with Gasteiger partial charge in [-0.25, -0.2) is 4.79 Å². The van der Waals surface area contributed by atoms with Crippen molar-refractivity contribution in [2.24, 2.45) is 0 Å². The lowest BCUT2D eigenvalue weighted by molar-refractivity contribution is 0.198. The van der Waals surface area contributed by atoms with Crippen molar-refractivity contribution in [2.75, 3.05) is 0 Å². The fraction of sp³-hybridized carbons (Fsp3) is 0.312. The average molecular weight is 261 g/mol. The molecule has 0 unspecified atom stereocenters. The van der Waals surface area contributed by atoms with E-state index >= 15 is 0 Å². The molecule has 0 fully saturated rings. The van der Waals surface area contributed by atoms with Crippen LogP contribution in [0.5, 0.6) is 0 Å². The first-order valence-electron chi connectivity index (χ1n) is 6.33. The molecule has 19 heavy (non-hydrogen) atoms. The predicted octanol–water partition coefficient (Wildman–Crippen LogP) is 4.57. The zero-order valence-corrected chi connectivity index (χ0v) is 12.2. The van der Waals surface area contributed by atoms with E-state index in [-0.39, 0.29) is 0 Å². The van der Waals surface area contributed by atoms with Crippen molar-refractivity contribution in [2.45, 2.75) is 34.1 Å². The molecule has 0 aromatic heterocycles. The Bertz CT molecular complexity index is 451. The standard InChI is InChI=1S/C16H23NO2/c1-6-9-13(10-7-2)14(11-12(4)5)15(8-3)17-16(18)19/h6,8-11,17H,4,7H2,1-3,5H3,(H,18,19)/b9-6-,13-10+,14-11-,15-8+. The maximum atomic E-state index is 10.9. The largest absolute Gasteiger partial charge is 0.465 e. The van der Waals surface area contributed by atoms with Gasteiger partial charge in [0.1, 0.15) is 0 Å². The monoisotopic (exact) mass is 261 g/mol. The quantitative estimate of drug-likeness (QED) is 0.688. The average Bonchev–Trinajstić information content (AvgIpc) is 2.32. The number of carbonyl (C=O) groups is 1. The van der Waals surface area contributed by atoms with Crippen LogP contribution in [0.25, 0.3) is 0 Å². The summed E-state index contributed by atoms with van der Waals surface area (Å²) in [6.45, 7) is 11.5. The minimum absolute atomic E-state index is 0.563. The highest BCUT2D eigenvalue weighted by molar-refractivity contribution is 5.70. The minimum Gasteiger partial charge on any atom is -0.465 e. The van der Waals surface area contributed by atoms with Gasteiger partial charge in [0.2, 0.25) is 0 Å². The third kappa shape index (κ3) is 6.46. The van der Waals surface area contributed by atoms with Gasteiger partial charge in [-0.3, -0.25) is 5.32 Å². The summed E-state index contributed by atoms with van der Waals surface area (Å²) in [6, 6.07) is 0. The van der Waals surface area contributed by atoms with E-state index in [1.165, 1.54) is 0 Å². The summed E-state index contributed by atoms with van der Waals surface area (Å²) in [7, 11) is 0. The first-order valence-corrected chi connectivity index (χ1v) is 6.33. The van der Waals surface area contributed by atoms with Gasteiger partial charge in [-0.15, -0.1) is 0 Å². The van der Waals surface area contributed by atoms with Crippen LogP contribution in [0, 0.1) is 0 Å². The molecule has 3 nitrogen and oxygen atoms in total. The molecule has 0 radical (unpaired) electrons. The summed E-state index contributed by atoms with van der Waals surface area (Å²) in [5, 5.41) is 11.3. The fourth-order valence-electron chi connectivity index (χ4n) is 1.64. The van der Waals surface area contributed by atoms with Crippen LogP contribution < -0.4 is 5.32 Å². The van der Waals surface area contributed by atoms with E-state index in [9.17, 15) is 4.79 Å². The Kier molecular flexibility index (Phi) is 8.02. The second-order valence-corrected chi connectivity index (χ2v) is 4.10. The summed E-state index contributed by atoms with van der Waals surface area (Å²) >= 11 is 0. The highest BCUT2D eigenvalue weighted by atomic mass is 16.4. The van der Waals surface area contributed by atoms with Crippen molar-refractivity contribution in [3.05, 3.63) is 59.4 Å². The lowest BCUT2D eigenvalue weighted by atomic mass is 9.98. The van der Waals surface area contributed by atoms with Crippen LogP contribution in [0.1, 0.15) is 34.1 Å². The highest BCUT2D eigenvalue weighted by Crippen LogP contribution is 2.21. The molecule has 0 aliphatic rings. The van der Waals surface area contributed by atoms with E-state index in [2.05, 4.69) is 18.0 Å². The van der Waals surface area contributed by atoms with Gasteiger partial charge in [-0.2, -0.15) is 0 Å². The molecule has 0 rings (SSSR count). The molecule has 0 aliphatic heterocycles. The number of rotatable bonds is 6. The molecule has 0 aliphatic carbocycles. The van der Waals surface area contributed by atoms with Crippen LogP contribution in [-0.2, 0) is 0 Å². The van der Waals surface area contributed by atoms with Crippen molar-refractivity contribution in [3.63, 3.8) is 0 Å². The van der Waals surface area contributed by atoms with Gasteiger partial charge in [0, 0.05) is 11.3 Å². The van der Waals surface area contributed by atoms with E-state index < -0.39 is 6.09 Å². The second-order valence-electron chi connectivity index (χ2n) is 4.10. The third-order valence-electron chi connectivity index (χ3n) is 2.29. The van der Waals surface area contributed by atoms with Crippen molar-refractivity contribution < 1.29 is 9.90 Å². The third-order valence-corrected chi connectivity index (χ3v) is 2.29. The molecule has 0 saturated heterocycles. The van der Waals surface area contributed by atoms with Gasteiger partial charge in [0.25, 0.3) is 0 Å². The zero-order chi connectivity index (χ0) is 14.8.